The van der Waals surface area contributed by atoms with Crippen molar-refractivity contribution in [3.05, 3.63) is 35.1 Å². The van der Waals surface area contributed by atoms with E-state index in [2.05, 4.69) is 11.4 Å². The molecule has 0 spiro atoms. The standard InChI is InChI=1S/C12H10F4NO/c13-11-4-2-9(12(14,15)16)5-8(11)1-3-10-6-18-7-17-10/h2,4-5,10H,1,3,6H2. The van der Waals surface area contributed by atoms with Gasteiger partial charge in [-0.3, -0.25) is 0 Å². The van der Waals surface area contributed by atoms with E-state index in [0.717, 1.165) is 18.2 Å². The summed E-state index contributed by atoms with van der Waals surface area (Å²) in [6.07, 6.45) is -1.52. The molecule has 0 aromatic heterocycles. The molecule has 1 radical (unpaired) electrons. The number of aliphatic imine (C=N–C) groups is 1. The van der Waals surface area contributed by atoms with Crippen LogP contribution in [0.2, 0.25) is 0 Å². The molecule has 1 atom stereocenters. The first kappa shape index (κ1) is 12.9. The Labute approximate surface area is 101 Å². The second-order valence-corrected chi connectivity index (χ2v) is 4.03. The van der Waals surface area contributed by atoms with Crippen LogP contribution in [-0.4, -0.2) is 19.0 Å². The average molecular weight is 260 g/mol. The first-order chi connectivity index (χ1) is 8.47. The third-order valence-corrected chi connectivity index (χ3v) is 2.70. The largest absolute Gasteiger partial charge is 0.472 e. The summed E-state index contributed by atoms with van der Waals surface area (Å²) >= 11 is 0. The predicted octanol–water partition coefficient (Wildman–Crippen LogP) is 3.08. The summed E-state index contributed by atoms with van der Waals surface area (Å²) in [5, 5.41) is 0. The lowest BCUT2D eigenvalue weighted by Crippen LogP contribution is -2.10. The van der Waals surface area contributed by atoms with Gasteiger partial charge in [-0.05, 0) is 36.6 Å². The van der Waals surface area contributed by atoms with Crippen LogP contribution in [0.1, 0.15) is 17.5 Å². The van der Waals surface area contributed by atoms with E-state index in [9.17, 15) is 17.6 Å². The third-order valence-electron chi connectivity index (χ3n) is 2.70. The molecular formula is C12H10F4NO. The van der Waals surface area contributed by atoms with Gasteiger partial charge in [0.2, 0.25) is 0 Å². The van der Waals surface area contributed by atoms with Gasteiger partial charge in [-0.2, -0.15) is 13.2 Å². The van der Waals surface area contributed by atoms with Crippen molar-refractivity contribution < 1.29 is 22.3 Å². The lowest BCUT2D eigenvalue weighted by Gasteiger charge is -2.10. The summed E-state index contributed by atoms with van der Waals surface area (Å²) in [4.78, 5) is 3.83. The van der Waals surface area contributed by atoms with Crippen molar-refractivity contribution in [2.45, 2.75) is 25.1 Å². The summed E-state index contributed by atoms with van der Waals surface area (Å²) in [6.45, 7) is 0.348. The number of hydrogen-bond donors (Lipinski definition) is 0. The molecule has 0 saturated heterocycles. The summed E-state index contributed by atoms with van der Waals surface area (Å²) in [6, 6.07) is 2.28. The minimum absolute atomic E-state index is 0.0481. The minimum atomic E-state index is -4.45. The molecule has 0 saturated carbocycles. The fraction of sp³-hybridized carbons (Fsp3) is 0.417. The second-order valence-electron chi connectivity index (χ2n) is 4.03. The topological polar surface area (TPSA) is 21.6 Å². The minimum Gasteiger partial charge on any atom is -0.472 e. The predicted molar refractivity (Wildman–Crippen MR) is 56.9 cm³/mol. The number of alkyl halides is 3. The lowest BCUT2D eigenvalue weighted by atomic mass is 10.0. The number of benzene rings is 1. The fourth-order valence-electron chi connectivity index (χ4n) is 1.70. The zero-order chi connectivity index (χ0) is 13.2. The quantitative estimate of drug-likeness (QED) is 0.765. The highest BCUT2D eigenvalue weighted by Gasteiger charge is 2.31. The lowest BCUT2D eigenvalue weighted by molar-refractivity contribution is -0.137. The van der Waals surface area contributed by atoms with Crippen molar-refractivity contribution in [2.24, 2.45) is 4.99 Å². The molecule has 97 valence electrons. The highest BCUT2D eigenvalue weighted by atomic mass is 19.4. The molecule has 1 aliphatic heterocycles. The first-order valence-electron chi connectivity index (χ1n) is 5.39. The van der Waals surface area contributed by atoms with Gasteiger partial charge in [0.1, 0.15) is 12.4 Å². The SMILES string of the molecule is Fc1ccc(C(F)(F)F)cc1CCC1CO[C]=N1. The van der Waals surface area contributed by atoms with E-state index in [1.165, 1.54) is 0 Å². The number of ether oxygens (including phenoxy) is 1. The summed E-state index contributed by atoms with van der Waals surface area (Å²) < 4.78 is 55.6. The van der Waals surface area contributed by atoms with E-state index in [0.29, 0.717) is 13.0 Å². The monoisotopic (exact) mass is 260 g/mol. The van der Waals surface area contributed by atoms with Crippen molar-refractivity contribution in [1.82, 2.24) is 0 Å². The molecule has 1 aromatic carbocycles. The molecule has 1 aromatic rings. The van der Waals surface area contributed by atoms with Crippen molar-refractivity contribution >= 4 is 6.40 Å². The first-order valence-corrected chi connectivity index (χ1v) is 5.39. The van der Waals surface area contributed by atoms with Gasteiger partial charge in [-0.25, -0.2) is 9.38 Å². The Hall–Kier alpha value is -1.59. The molecule has 0 fully saturated rings. The Morgan fingerprint density at radius 3 is 2.78 bits per heavy atom. The third kappa shape index (κ3) is 3.00. The van der Waals surface area contributed by atoms with Crippen LogP contribution in [-0.2, 0) is 17.3 Å². The molecule has 2 rings (SSSR count). The number of hydrogen-bond acceptors (Lipinski definition) is 2. The average Bonchev–Trinajstić information content (AvgIpc) is 2.79. The van der Waals surface area contributed by atoms with Crippen LogP contribution in [0.25, 0.3) is 0 Å². The van der Waals surface area contributed by atoms with Crippen LogP contribution in [0.5, 0.6) is 0 Å². The van der Waals surface area contributed by atoms with Gasteiger partial charge in [-0.1, -0.05) is 0 Å². The highest BCUT2D eigenvalue weighted by Crippen LogP contribution is 2.30. The summed E-state index contributed by atoms with van der Waals surface area (Å²) in [5.41, 5.74) is -0.788. The molecule has 0 N–H and O–H groups in total. The van der Waals surface area contributed by atoms with E-state index in [4.69, 9.17) is 4.74 Å². The normalized spacial score (nSPS) is 19.0. The maximum absolute atomic E-state index is 13.4. The zero-order valence-corrected chi connectivity index (χ0v) is 9.30. The van der Waals surface area contributed by atoms with Crippen LogP contribution in [0.3, 0.4) is 0 Å². The Morgan fingerprint density at radius 1 is 1.39 bits per heavy atom. The van der Waals surface area contributed by atoms with E-state index in [1.807, 2.05) is 0 Å². The molecule has 0 aliphatic carbocycles. The van der Waals surface area contributed by atoms with Crippen molar-refractivity contribution in [3.8, 4) is 0 Å². The van der Waals surface area contributed by atoms with E-state index in [1.54, 1.807) is 0 Å². The van der Waals surface area contributed by atoms with Gasteiger partial charge >= 0.3 is 6.18 Å². The van der Waals surface area contributed by atoms with Crippen molar-refractivity contribution in [1.29, 1.82) is 0 Å². The van der Waals surface area contributed by atoms with Gasteiger partial charge in [0.05, 0.1) is 11.6 Å². The van der Waals surface area contributed by atoms with Crippen molar-refractivity contribution in [3.63, 3.8) is 0 Å². The molecule has 0 amide bonds. The molecule has 1 aliphatic rings. The van der Waals surface area contributed by atoms with E-state index in [-0.39, 0.29) is 18.0 Å². The molecule has 1 heterocycles. The molecule has 0 bridgehead atoms. The maximum Gasteiger partial charge on any atom is 0.416 e. The molecule has 18 heavy (non-hydrogen) atoms. The number of halogens is 4. The van der Waals surface area contributed by atoms with Crippen LogP contribution >= 0.6 is 0 Å². The zero-order valence-electron chi connectivity index (χ0n) is 9.30. The van der Waals surface area contributed by atoms with Gasteiger partial charge in [-0.15, -0.1) is 0 Å². The fourth-order valence-corrected chi connectivity index (χ4v) is 1.70. The van der Waals surface area contributed by atoms with Gasteiger partial charge in [0, 0.05) is 0 Å². The Kier molecular flexibility index (Phi) is 3.54. The molecule has 6 heteroatoms. The Balaban J connectivity index is 2.08. The van der Waals surface area contributed by atoms with Crippen LogP contribution in [0, 0.1) is 5.82 Å². The Bertz CT molecular complexity index is 456. The molecule has 2 nitrogen and oxygen atoms in total. The van der Waals surface area contributed by atoms with Gasteiger partial charge in [0.25, 0.3) is 6.40 Å². The second kappa shape index (κ2) is 4.96. The smallest absolute Gasteiger partial charge is 0.416 e. The van der Waals surface area contributed by atoms with Gasteiger partial charge in [0.15, 0.2) is 0 Å². The van der Waals surface area contributed by atoms with Crippen LogP contribution < -0.4 is 0 Å². The van der Waals surface area contributed by atoms with Crippen LogP contribution in [0.15, 0.2) is 23.2 Å². The highest BCUT2D eigenvalue weighted by molar-refractivity contribution is 5.48. The number of rotatable bonds is 3. The van der Waals surface area contributed by atoms with E-state index >= 15 is 0 Å². The number of aryl methyl sites for hydroxylation is 1. The van der Waals surface area contributed by atoms with Crippen LogP contribution in [0.4, 0.5) is 17.6 Å². The van der Waals surface area contributed by atoms with Crippen molar-refractivity contribution in [2.75, 3.05) is 6.61 Å². The maximum atomic E-state index is 13.4. The summed E-state index contributed by atoms with van der Waals surface area (Å²) in [5.74, 6) is -0.630. The summed E-state index contributed by atoms with van der Waals surface area (Å²) in [7, 11) is 0. The molecular weight excluding hydrogens is 250 g/mol. The van der Waals surface area contributed by atoms with E-state index < -0.39 is 17.6 Å². The van der Waals surface area contributed by atoms with Gasteiger partial charge < -0.3 is 4.74 Å². The number of nitrogens with zero attached hydrogens (tertiary/aromatic N) is 1. The Morgan fingerprint density at radius 2 is 2.17 bits per heavy atom. The molecule has 1 unspecified atom stereocenters.